The Balaban J connectivity index is 1.85. The lowest BCUT2D eigenvalue weighted by atomic mass is 9.95. The topological polar surface area (TPSA) is 37.3 Å². The van der Waals surface area contributed by atoms with Crippen molar-refractivity contribution in [1.82, 2.24) is 10.3 Å². The van der Waals surface area contributed by atoms with E-state index in [1.807, 2.05) is 12.4 Å². The summed E-state index contributed by atoms with van der Waals surface area (Å²) < 4.78 is 0. The Morgan fingerprint density at radius 2 is 1.79 bits per heavy atom. The number of benzene rings is 1. The van der Waals surface area contributed by atoms with Crippen LogP contribution in [-0.2, 0) is 6.42 Å². The molecule has 148 valence electrons. The van der Waals surface area contributed by atoms with Crippen molar-refractivity contribution in [3.63, 3.8) is 0 Å². The first-order valence-electron chi connectivity index (χ1n) is 10.7. The van der Waals surface area contributed by atoms with Gasteiger partial charge in [-0.05, 0) is 61.4 Å². The third-order valence-electron chi connectivity index (χ3n) is 5.32. The van der Waals surface area contributed by atoms with Crippen molar-refractivity contribution in [1.29, 1.82) is 0 Å². The summed E-state index contributed by atoms with van der Waals surface area (Å²) >= 11 is 0. The molecule has 1 aromatic heterocycles. The Kier molecular flexibility index (Phi) is 7.55. The molecule has 0 saturated carbocycles. The molecule has 2 aromatic rings. The van der Waals surface area contributed by atoms with Crippen LogP contribution in [0.2, 0.25) is 0 Å². The van der Waals surface area contributed by atoms with Gasteiger partial charge in [-0.2, -0.15) is 0 Å². The molecule has 3 rings (SSSR count). The van der Waals surface area contributed by atoms with Gasteiger partial charge in [0.15, 0.2) is 0 Å². The molecule has 0 aliphatic carbocycles. The van der Waals surface area contributed by atoms with E-state index in [9.17, 15) is 0 Å². The number of nitrogens with one attached hydrogen (secondary N) is 1. The first-order chi connectivity index (χ1) is 13.7. The van der Waals surface area contributed by atoms with E-state index in [1.54, 1.807) is 0 Å². The van der Waals surface area contributed by atoms with Crippen LogP contribution in [0.3, 0.4) is 0 Å². The van der Waals surface area contributed by atoms with Gasteiger partial charge in [-0.25, -0.2) is 0 Å². The minimum Gasteiger partial charge on any atom is -0.315 e. The third kappa shape index (κ3) is 5.62. The molecule has 0 saturated heterocycles. The maximum atomic E-state index is 5.22. The van der Waals surface area contributed by atoms with Crippen LogP contribution in [0.1, 0.15) is 56.7 Å². The summed E-state index contributed by atoms with van der Waals surface area (Å²) in [5, 5.41) is 3.61. The van der Waals surface area contributed by atoms with E-state index in [0.717, 1.165) is 49.5 Å². The lowest BCUT2D eigenvalue weighted by Crippen LogP contribution is -2.27. The van der Waals surface area contributed by atoms with Crippen LogP contribution in [0.5, 0.6) is 0 Å². The summed E-state index contributed by atoms with van der Waals surface area (Å²) in [6, 6.07) is 13.4. The summed E-state index contributed by atoms with van der Waals surface area (Å²) in [7, 11) is 0. The molecule has 2 heterocycles. The fraction of sp³-hybridized carbons (Fsp3) is 0.440. The zero-order valence-electron chi connectivity index (χ0n) is 17.5. The van der Waals surface area contributed by atoms with Crippen LogP contribution in [-0.4, -0.2) is 29.8 Å². The molecule has 1 aliphatic rings. The number of allylic oxidation sites excluding steroid dienone is 2. The fourth-order valence-electron chi connectivity index (χ4n) is 3.55. The zero-order chi connectivity index (χ0) is 19.8. The molecule has 3 nitrogen and oxygen atoms in total. The standard InChI is InChI=1S/C25H33N3/c1-4-20-8-10-21(11-9-20)24-7-5-6-23(18-27-15-12-19(2)3)28-25(24)22-13-16-26-17-14-22/h7-11,13-14,16-17,19,23,27H,4-6,12,15,18H2,1-3H3. The van der Waals surface area contributed by atoms with Gasteiger partial charge in [-0.1, -0.05) is 51.1 Å². The SMILES string of the molecule is CCc1ccc(C2=CCCC(CNCCC(C)C)N=C2c2ccncc2)cc1. The Bertz CT molecular complexity index is 788. The average Bonchev–Trinajstić information content (AvgIpc) is 2.94. The molecule has 0 radical (unpaired) electrons. The minimum absolute atomic E-state index is 0.305. The molecule has 0 amide bonds. The van der Waals surface area contributed by atoms with Crippen LogP contribution >= 0.6 is 0 Å². The first kappa shape index (κ1) is 20.5. The van der Waals surface area contributed by atoms with E-state index in [1.165, 1.54) is 23.1 Å². The number of aromatic nitrogens is 1. The van der Waals surface area contributed by atoms with Gasteiger partial charge in [-0.3, -0.25) is 9.98 Å². The van der Waals surface area contributed by atoms with E-state index in [4.69, 9.17) is 4.99 Å². The second-order valence-corrected chi connectivity index (χ2v) is 8.00. The number of aryl methyl sites for hydroxylation is 1. The van der Waals surface area contributed by atoms with Crippen LogP contribution in [0, 0.1) is 5.92 Å². The van der Waals surface area contributed by atoms with Crippen molar-refractivity contribution in [3.8, 4) is 0 Å². The van der Waals surface area contributed by atoms with E-state index in [0.29, 0.717) is 6.04 Å². The molecular weight excluding hydrogens is 342 g/mol. The summed E-state index contributed by atoms with van der Waals surface area (Å²) in [4.78, 5) is 9.41. The highest BCUT2D eigenvalue weighted by molar-refractivity contribution is 6.32. The highest BCUT2D eigenvalue weighted by atomic mass is 14.9. The van der Waals surface area contributed by atoms with Gasteiger partial charge in [0.25, 0.3) is 0 Å². The number of hydrogen-bond acceptors (Lipinski definition) is 3. The number of rotatable bonds is 8. The van der Waals surface area contributed by atoms with Crippen molar-refractivity contribution >= 4 is 11.3 Å². The Morgan fingerprint density at radius 3 is 2.46 bits per heavy atom. The van der Waals surface area contributed by atoms with Gasteiger partial charge >= 0.3 is 0 Å². The highest BCUT2D eigenvalue weighted by Gasteiger charge is 2.18. The van der Waals surface area contributed by atoms with E-state index in [2.05, 4.69) is 73.5 Å². The van der Waals surface area contributed by atoms with Gasteiger partial charge in [0.2, 0.25) is 0 Å². The van der Waals surface area contributed by atoms with Crippen molar-refractivity contribution < 1.29 is 0 Å². The molecule has 1 aromatic carbocycles. The molecule has 0 spiro atoms. The third-order valence-corrected chi connectivity index (χ3v) is 5.32. The molecule has 1 N–H and O–H groups in total. The molecule has 0 fully saturated rings. The predicted molar refractivity (Wildman–Crippen MR) is 120 cm³/mol. The molecule has 1 atom stereocenters. The molecule has 1 aliphatic heterocycles. The van der Waals surface area contributed by atoms with Gasteiger partial charge in [-0.15, -0.1) is 0 Å². The first-order valence-corrected chi connectivity index (χ1v) is 10.7. The average molecular weight is 376 g/mol. The monoisotopic (exact) mass is 375 g/mol. The number of aliphatic imine (C=N–C) groups is 1. The van der Waals surface area contributed by atoms with Crippen molar-refractivity contribution in [3.05, 3.63) is 71.6 Å². The van der Waals surface area contributed by atoms with Crippen LogP contribution in [0.4, 0.5) is 0 Å². The molecule has 28 heavy (non-hydrogen) atoms. The number of nitrogens with zero attached hydrogens (tertiary/aromatic N) is 2. The van der Waals surface area contributed by atoms with Crippen LogP contribution in [0.15, 0.2) is 59.9 Å². The molecule has 0 bridgehead atoms. The summed E-state index contributed by atoms with van der Waals surface area (Å²) in [6.07, 6.45) is 10.5. The summed E-state index contributed by atoms with van der Waals surface area (Å²) in [5.41, 5.74) is 6.11. The molecular formula is C25H33N3. The lowest BCUT2D eigenvalue weighted by Gasteiger charge is -2.16. The van der Waals surface area contributed by atoms with Gasteiger partial charge in [0.1, 0.15) is 0 Å². The largest absolute Gasteiger partial charge is 0.315 e. The van der Waals surface area contributed by atoms with Crippen molar-refractivity contribution in [2.75, 3.05) is 13.1 Å². The maximum Gasteiger partial charge on any atom is 0.0726 e. The van der Waals surface area contributed by atoms with Gasteiger partial charge < -0.3 is 5.32 Å². The fourth-order valence-corrected chi connectivity index (χ4v) is 3.55. The van der Waals surface area contributed by atoms with Gasteiger partial charge in [0, 0.05) is 30.1 Å². The zero-order valence-corrected chi connectivity index (χ0v) is 17.5. The van der Waals surface area contributed by atoms with Crippen LogP contribution < -0.4 is 5.32 Å². The molecule has 1 unspecified atom stereocenters. The second kappa shape index (κ2) is 10.3. The van der Waals surface area contributed by atoms with Crippen molar-refractivity contribution in [2.45, 2.75) is 52.5 Å². The van der Waals surface area contributed by atoms with Crippen LogP contribution in [0.25, 0.3) is 5.57 Å². The quantitative estimate of drug-likeness (QED) is 0.635. The maximum absolute atomic E-state index is 5.22. The van der Waals surface area contributed by atoms with E-state index < -0.39 is 0 Å². The second-order valence-electron chi connectivity index (χ2n) is 8.00. The normalized spacial score (nSPS) is 17.2. The Hall–Kier alpha value is -2.26. The summed E-state index contributed by atoms with van der Waals surface area (Å²) in [6.45, 7) is 8.74. The molecule has 3 heteroatoms. The minimum atomic E-state index is 0.305. The number of hydrogen-bond donors (Lipinski definition) is 1. The smallest absolute Gasteiger partial charge is 0.0726 e. The van der Waals surface area contributed by atoms with E-state index >= 15 is 0 Å². The predicted octanol–water partition coefficient (Wildman–Crippen LogP) is 5.31. The van der Waals surface area contributed by atoms with Crippen molar-refractivity contribution in [2.24, 2.45) is 10.9 Å². The number of pyridine rings is 1. The summed E-state index contributed by atoms with van der Waals surface area (Å²) in [5.74, 6) is 0.733. The lowest BCUT2D eigenvalue weighted by molar-refractivity contribution is 0.502. The van der Waals surface area contributed by atoms with Gasteiger partial charge in [0.05, 0.1) is 11.8 Å². The Labute approximate surface area is 170 Å². The highest BCUT2D eigenvalue weighted by Crippen LogP contribution is 2.26. The van der Waals surface area contributed by atoms with E-state index in [-0.39, 0.29) is 0 Å². The Morgan fingerprint density at radius 1 is 1.04 bits per heavy atom.